The maximum Gasteiger partial charge on any atom is 0.335 e. The van der Waals surface area contributed by atoms with Crippen molar-refractivity contribution >= 4 is 38.8 Å². The van der Waals surface area contributed by atoms with Gasteiger partial charge in [-0.3, -0.25) is 29.9 Å². The van der Waals surface area contributed by atoms with E-state index in [-0.39, 0.29) is 25.0 Å². The minimum atomic E-state index is -0.949. The Morgan fingerprint density at radius 1 is 0.471 bits per heavy atom. The number of hydrogen-bond donors (Lipinski definition) is 2. The van der Waals surface area contributed by atoms with Crippen LogP contribution in [0.5, 0.6) is 0 Å². The summed E-state index contributed by atoms with van der Waals surface area (Å²) in [6.45, 7) is 0. The van der Waals surface area contributed by atoms with Crippen molar-refractivity contribution in [2.45, 2.75) is 0 Å². The summed E-state index contributed by atoms with van der Waals surface area (Å²) in [7, 11) is 0. The van der Waals surface area contributed by atoms with Gasteiger partial charge in [0.2, 0.25) is 0 Å². The molecule has 0 saturated heterocycles. The van der Waals surface area contributed by atoms with E-state index >= 15 is 0 Å². The maximum absolute atomic E-state index is 11.0. The molecular formula is C40H28N8O2Ru. The van der Waals surface area contributed by atoms with E-state index in [1.807, 2.05) is 97.1 Å². The Bertz CT molecular complexity index is 2280. The Kier molecular flexibility index (Phi) is 10.9. The van der Waals surface area contributed by atoms with Gasteiger partial charge in [0.05, 0.1) is 50.4 Å². The van der Waals surface area contributed by atoms with Crippen LogP contribution in [0.15, 0.2) is 159 Å². The summed E-state index contributed by atoms with van der Waals surface area (Å²) < 4.78 is 0. The van der Waals surface area contributed by atoms with E-state index in [9.17, 15) is 4.79 Å². The summed E-state index contributed by atoms with van der Waals surface area (Å²) in [6.07, 6.45) is 10.6. The molecule has 0 aliphatic carbocycles. The van der Waals surface area contributed by atoms with Crippen LogP contribution in [-0.4, -0.2) is 50.9 Å². The van der Waals surface area contributed by atoms with Crippen molar-refractivity contribution < 1.29 is 29.4 Å². The Labute approximate surface area is 305 Å². The number of aromatic carboxylic acids is 1. The molecule has 0 atom stereocenters. The number of aromatic amines is 1. The molecule has 11 heteroatoms. The third-order valence-electron chi connectivity index (χ3n) is 7.66. The first-order valence-electron chi connectivity index (χ1n) is 15.7. The van der Waals surface area contributed by atoms with Crippen LogP contribution in [0.25, 0.3) is 67.0 Å². The van der Waals surface area contributed by atoms with E-state index in [2.05, 4.69) is 34.9 Å². The first kappa shape index (κ1) is 34.3. The number of rotatable bonds is 4. The van der Waals surface area contributed by atoms with Gasteiger partial charge in [-0.15, -0.1) is 0 Å². The quantitative estimate of drug-likeness (QED) is 0.134. The summed E-state index contributed by atoms with van der Waals surface area (Å²) in [5.41, 5.74) is 8.08. The van der Waals surface area contributed by atoms with Crippen LogP contribution in [-0.2, 0) is 19.5 Å². The molecule has 7 aromatic heterocycles. The Morgan fingerprint density at radius 2 is 0.902 bits per heavy atom. The number of benzene rings is 2. The van der Waals surface area contributed by atoms with Gasteiger partial charge in [0.25, 0.3) is 0 Å². The van der Waals surface area contributed by atoms with Crippen molar-refractivity contribution in [3.63, 3.8) is 0 Å². The largest absolute Gasteiger partial charge is 0.478 e. The number of carboxylic acid groups (broad SMARTS) is 1. The number of imidazole rings is 1. The van der Waals surface area contributed by atoms with Crippen LogP contribution in [0.2, 0.25) is 0 Å². The molecule has 0 radical (unpaired) electrons. The molecule has 0 spiro atoms. The number of fused-ring (bicyclic) bond motifs is 6. The SMILES string of the molecule is O=C(O)c1ccc(-c2nc3c4cccnc4c4ncccc4c3[nH]2)cc1.[Ru].c1ccc(-c2ccccn2)nc1.c1ccc(-c2ccccn2)nc1. The molecule has 0 saturated carbocycles. The molecule has 248 valence electrons. The zero-order valence-corrected chi connectivity index (χ0v) is 28.6. The second kappa shape index (κ2) is 16.2. The number of nitrogens with zero attached hydrogens (tertiary/aromatic N) is 7. The fourth-order valence-corrected chi connectivity index (χ4v) is 5.31. The molecule has 0 unspecified atom stereocenters. The van der Waals surface area contributed by atoms with Crippen molar-refractivity contribution in [2.24, 2.45) is 0 Å². The van der Waals surface area contributed by atoms with E-state index in [4.69, 9.17) is 10.1 Å². The number of carboxylic acids is 1. The van der Waals surface area contributed by atoms with Crippen molar-refractivity contribution in [1.82, 2.24) is 39.9 Å². The van der Waals surface area contributed by atoms with Crippen LogP contribution in [0.3, 0.4) is 0 Å². The maximum atomic E-state index is 11.0. The predicted molar refractivity (Wildman–Crippen MR) is 194 cm³/mol. The fourth-order valence-electron chi connectivity index (χ4n) is 5.31. The molecule has 2 aromatic carbocycles. The minimum Gasteiger partial charge on any atom is -0.478 e. The number of aromatic nitrogens is 8. The normalized spacial score (nSPS) is 10.4. The standard InChI is InChI=1S/C20H12N4O2.2C10H8N2.Ru/c25-20(26)12-7-5-11(6-8-12)19-23-17-13-3-1-9-21-15(13)16-14(18(17)24-19)4-2-10-22-16;2*1-3-7-11-9(5-1)10-6-2-4-8-12-10;/h1-10H,(H,23,24)(H,25,26);2*1-8H;. The van der Waals surface area contributed by atoms with E-state index in [0.717, 1.165) is 61.2 Å². The van der Waals surface area contributed by atoms with Crippen molar-refractivity contribution in [2.75, 3.05) is 0 Å². The van der Waals surface area contributed by atoms with Gasteiger partial charge in [0, 0.05) is 73.0 Å². The van der Waals surface area contributed by atoms with E-state index in [1.54, 1.807) is 61.4 Å². The van der Waals surface area contributed by atoms with Crippen LogP contribution in [0.4, 0.5) is 0 Å². The number of carbonyl (C=O) groups is 1. The third-order valence-corrected chi connectivity index (χ3v) is 7.66. The summed E-state index contributed by atoms with van der Waals surface area (Å²) >= 11 is 0. The Balaban J connectivity index is 0.000000149. The molecular weight excluding hydrogens is 726 g/mol. The molecule has 7 heterocycles. The van der Waals surface area contributed by atoms with Crippen molar-refractivity contribution in [1.29, 1.82) is 0 Å². The van der Waals surface area contributed by atoms with Crippen LogP contribution in [0, 0.1) is 0 Å². The zero-order valence-electron chi connectivity index (χ0n) is 26.9. The van der Waals surface area contributed by atoms with E-state index < -0.39 is 5.97 Å². The average Bonchev–Trinajstić information content (AvgIpc) is 3.66. The molecule has 51 heavy (non-hydrogen) atoms. The molecule has 10 nitrogen and oxygen atoms in total. The smallest absolute Gasteiger partial charge is 0.335 e. The topological polar surface area (TPSA) is 143 Å². The molecule has 0 bridgehead atoms. The molecule has 0 amide bonds. The monoisotopic (exact) mass is 754 g/mol. The molecule has 9 aromatic rings. The van der Waals surface area contributed by atoms with Gasteiger partial charge in [-0.1, -0.05) is 36.4 Å². The first-order valence-corrected chi connectivity index (χ1v) is 15.7. The Hall–Kier alpha value is -6.58. The summed E-state index contributed by atoms with van der Waals surface area (Å²) in [5.74, 6) is -0.270. The second-order valence-electron chi connectivity index (χ2n) is 10.9. The minimum absolute atomic E-state index is 0. The Morgan fingerprint density at radius 3 is 1.33 bits per heavy atom. The van der Waals surface area contributed by atoms with Gasteiger partial charge in [0.1, 0.15) is 5.82 Å². The molecule has 2 N–H and O–H groups in total. The summed E-state index contributed by atoms with van der Waals surface area (Å²) in [6, 6.07) is 37.6. The van der Waals surface area contributed by atoms with Crippen LogP contribution in [0.1, 0.15) is 10.4 Å². The van der Waals surface area contributed by atoms with E-state index in [0.29, 0.717) is 5.82 Å². The van der Waals surface area contributed by atoms with Gasteiger partial charge in [-0.25, -0.2) is 9.78 Å². The van der Waals surface area contributed by atoms with Crippen molar-refractivity contribution in [3.8, 4) is 34.2 Å². The van der Waals surface area contributed by atoms with Crippen LogP contribution >= 0.6 is 0 Å². The molecule has 0 aliphatic rings. The van der Waals surface area contributed by atoms with Gasteiger partial charge >= 0.3 is 5.97 Å². The number of H-pyrrole nitrogens is 1. The van der Waals surface area contributed by atoms with Gasteiger partial charge in [-0.05, 0) is 84.9 Å². The summed E-state index contributed by atoms with van der Waals surface area (Å²) in [4.78, 5) is 44.9. The average molecular weight is 754 g/mol. The number of nitrogens with one attached hydrogen (secondary N) is 1. The zero-order chi connectivity index (χ0) is 34.1. The van der Waals surface area contributed by atoms with Gasteiger partial charge in [-0.2, -0.15) is 0 Å². The molecule has 0 fully saturated rings. The molecule has 9 rings (SSSR count). The third kappa shape index (κ3) is 7.85. The van der Waals surface area contributed by atoms with Gasteiger partial charge < -0.3 is 10.1 Å². The van der Waals surface area contributed by atoms with E-state index in [1.165, 1.54) is 0 Å². The van der Waals surface area contributed by atoms with Gasteiger partial charge in [0.15, 0.2) is 0 Å². The fraction of sp³-hybridized carbons (Fsp3) is 0. The number of pyridine rings is 6. The second-order valence-corrected chi connectivity index (χ2v) is 10.9. The predicted octanol–water partition coefficient (Wildman–Crippen LogP) is 8.31. The molecule has 0 aliphatic heterocycles. The first-order chi connectivity index (χ1) is 24.7. The van der Waals surface area contributed by atoms with Crippen LogP contribution < -0.4 is 0 Å². The van der Waals surface area contributed by atoms with Crippen molar-refractivity contribution in [3.05, 3.63) is 164 Å². The summed E-state index contributed by atoms with van der Waals surface area (Å²) in [5, 5.41) is 10.9. The number of hydrogen-bond acceptors (Lipinski definition) is 8.